The van der Waals surface area contributed by atoms with E-state index in [0.717, 1.165) is 18.7 Å². The summed E-state index contributed by atoms with van der Waals surface area (Å²) in [6, 6.07) is 1.93. The summed E-state index contributed by atoms with van der Waals surface area (Å²) in [4.78, 5) is 0.233. The van der Waals surface area contributed by atoms with Crippen molar-refractivity contribution >= 4 is 21.4 Å². The van der Waals surface area contributed by atoms with Gasteiger partial charge < -0.3 is 5.32 Å². The molecule has 0 radical (unpaired) electrons. The van der Waals surface area contributed by atoms with E-state index in [-0.39, 0.29) is 4.90 Å². The lowest BCUT2D eigenvalue weighted by Gasteiger charge is -2.15. The van der Waals surface area contributed by atoms with Crippen LogP contribution in [0.3, 0.4) is 0 Å². The summed E-state index contributed by atoms with van der Waals surface area (Å²) in [7, 11) is -1.90. The number of nitrogens with one attached hydrogen (secondary N) is 1. The Kier molecular flexibility index (Phi) is 5.51. The molecule has 2 aromatic heterocycles. The molecule has 21 heavy (non-hydrogen) atoms. The van der Waals surface area contributed by atoms with Crippen molar-refractivity contribution in [2.45, 2.75) is 24.9 Å². The summed E-state index contributed by atoms with van der Waals surface area (Å²) in [5.41, 5.74) is 0.991. The smallest absolute Gasteiger partial charge is 0.246 e. The Morgan fingerprint density at radius 2 is 2.29 bits per heavy atom. The topological polar surface area (TPSA) is 67.2 Å². The lowest BCUT2D eigenvalue weighted by Crippen LogP contribution is -2.26. The van der Waals surface area contributed by atoms with E-state index in [9.17, 15) is 8.42 Å². The van der Waals surface area contributed by atoms with Gasteiger partial charge in [0.2, 0.25) is 10.0 Å². The first-order valence-electron chi connectivity index (χ1n) is 6.74. The molecule has 0 aliphatic rings. The highest BCUT2D eigenvalue weighted by Gasteiger charge is 2.22. The zero-order valence-corrected chi connectivity index (χ0v) is 13.8. The van der Waals surface area contributed by atoms with Crippen molar-refractivity contribution in [2.24, 2.45) is 0 Å². The fourth-order valence-corrected chi connectivity index (χ4v) is 3.65. The SMILES string of the molecule is CCNCCn1cc(S(=O)(=O)N(C)Cc2ccsc2)cn1. The van der Waals surface area contributed by atoms with E-state index >= 15 is 0 Å². The summed E-state index contributed by atoms with van der Waals surface area (Å²) in [6.07, 6.45) is 2.99. The summed E-state index contributed by atoms with van der Waals surface area (Å²) in [5.74, 6) is 0. The number of thiophene rings is 1. The van der Waals surface area contributed by atoms with Gasteiger partial charge in [0.1, 0.15) is 4.90 Å². The van der Waals surface area contributed by atoms with Crippen LogP contribution in [0.4, 0.5) is 0 Å². The maximum absolute atomic E-state index is 12.5. The summed E-state index contributed by atoms with van der Waals surface area (Å²) >= 11 is 1.56. The van der Waals surface area contributed by atoms with Crippen LogP contribution in [0.5, 0.6) is 0 Å². The van der Waals surface area contributed by atoms with Gasteiger partial charge in [-0.1, -0.05) is 6.92 Å². The molecule has 2 aromatic rings. The lowest BCUT2D eigenvalue weighted by molar-refractivity contribution is 0.467. The minimum absolute atomic E-state index is 0.233. The molecule has 0 spiro atoms. The quantitative estimate of drug-likeness (QED) is 0.743. The van der Waals surface area contributed by atoms with Crippen LogP contribution in [0.1, 0.15) is 12.5 Å². The molecule has 2 rings (SSSR count). The molecular formula is C13H20N4O2S2. The second-order valence-corrected chi connectivity index (χ2v) is 7.51. The second kappa shape index (κ2) is 7.17. The van der Waals surface area contributed by atoms with Gasteiger partial charge in [0, 0.05) is 26.3 Å². The van der Waals surface area contributed by atoms with Crippen LogP contribution in [-0.4, -0.2) is 42.6 Å². The average Bonchev–Trinajstić information content (AvgIpc) is 3.10. The van der Waals surface area contributed by atoms with Crippen LogP contribution in [-0.2, 0) is 23.1 Å². The third kappa shape index (κ3) is 4.13. The predicted molar refractivity (Wildman–Crippen MR) is 83.7 cm³/mol. The third-order valence-corrected chi connectivity index (χ3v) is 5.56. The highest BCUT2D eigenvalue weighted by Crippen LogP contribution is 2.17. The Hall–Kier alpha value is -1.22. The molecular weight excluding hydrogens is 308 g/mol. The summed E-state index contributed by atoms with van der Waals surface area (Å²) in [6.45, 7) is 4.70. The third-order valence-electron chi connectivity index (χ3n) is 3.07. The Labute approximate surface area is 129 Å². The van der Waals surface area contributed by atoms with Crippen molar-refractivity contribution in [2.75, 3.05) is 20.1 Å². The van der Waals surface area contributed by atoms with E-state index < -0.39 is 10.0 Å². The molecule has 8 heteroatoms. The number of hydrogen-bond acceptors (Lipinski definition) is 5. The van der Waals surface area contributed by atoms with Gasteiger partial charge in [0.05, 0.1) is 12.7 Å². The Balaban J connectivity index is 2.04. The van der Waals surface area contributed by atoms with Crippen molar-refractivity contribution in [1.82, 2.24) is 19.4 Å². The molecule has 0 aliphatic carbocycles. The number of hydrogen-bond donors (Lipinski definition) is 1. The minimum atomic E-state index is -3.49. The lowest BCUT2D eigenvalue weighted by atomic mass is 10.3. The first kappa shape index (κ1) is 16.2. The van der Waals surface area contributed by atoms with E-state index in [2.05, 4.69) is 10.4 Å². The normalized spacial score (nSPS) is 12.1. The number of aromatic nitrogens is 2. The van der Waals surface area contributed by atoms with Gasteiger partial charge in [-0.25, -0.2) is 8.42 Å². The van der Waals surface area contributed by atoms with Crippen molar-refractivity contribution in [3.8, 4) is 0 Å². The zero-order valence-electron chi connectivity index (χ0n) is 12.2. The molecule has 0 aromatic carbocycles. The standard InChI is InChI=1S/C13H20N4O2S2/c1-3-14-5-6-17-10-13(8-15-17)21(18,19)16(2)9-12-4-7-20-11-12/h4,7-8,10-11,14H,3,5-6,9H2,1-2H3. The average molecular weight is 328 g/mol. The molecule has 2 heterocycles. The van der Waals surface area contributed by atoms with Gasteiger partial charge in [-0.15, -0.1) is 0 Å². The fourth-order valence-electron chi connectivity index (χ4n) is 1.88. The molecule has 0 saturated heterocycles. The molecule has 1 N–H and O–H groups in total. The number of likely N-dealkylation sites (N-methyl/N-ethyl adjacent to an activating group) is 1. The van der Waals surface area contributed by atoms with Crippen LogP contribution in [0, 0.1) is 0 Å². The second-order valence-electron chi connectivity index (χ2n) is 4.69. The van der Waals surface area contributed by atoms with Gasteiger partial charge in [-0.3, -0.25) is 4.68 Å². The van der Waals surface area contributed by atoms with Crippen LogP contribution in [0.2, 0.25) is 0 Å². The minimum Gasteiger partial charge on any atom is -0.315 e. The molecule has 0 unspecified atom stereocenters. The summed E-state index contributed by atoms with van der Waals surface area (Å²) < 4.78 is 27.9. The van der Waals surface area contributed by atoms with E-state index in [1.807, 2.05) is 23.8 Å². The van der Waals surface area contributed by atoms with Crippen molar-refractivity contribution in [3.05, 3.63) is 34.8 Å². The van der Waals surface area contributed by atoms with Gasteiger partial charge in [0.15, 0.2) is 0 Å². The van der Waals surface area contributed by atoms with E-state index in [0.29, 0.717) is 13.1 Å². The van der Waals surface area contributed by atoms with Crippen LogP contribution >= 0.6 is 11.3 Å². The van der Waals surface area contributed by atoms with Gasteiger partial charge in [-0.05, 0) is 28.9 Å². The van der Waals surface area contributed by atoms with Crippen molar-refractivity contribution < 1.29 is 8.42 Å². The highest BCUT2D eigenvalue weighted by molar-refractivity contribution is 7.89. The molecule has 116 valence electrons. The maximum atomic E-state index is 12.5. The molecule has 0 amide bonds. The van der Waals surface area contributed by atoms with Crippen LogP contribution in [0.15, 0.2) is 34.1 Å². The maximum Gasteiger partial charge on any atom is 0.246 e. The number of rotatable bonds is 8. The zero-order chi connectivity index (χ0) is 15.3. The molecule has 0 fully saturated rings. The molecule has 0 atom stereocenters. The number of nitrogens with zero attached hydrogens (tertiary/aromatic N) is 3. The predicted octanol–water partition coefficient (Wildman–Crippen LogP) is 1.37. The van der Waals surface area contributed by atoms with Gasteiger partial charge in [0.25, 0.3) is 0 Å². The Bertz CT molecular complexity index is 650. The largest absolute Gasteiger partial charge is 0.315 e. The fraction of sp³-hybridized carbons (Fsp3) is 0.462. The van der Waals surface area contributed by atoms with Crippen molar-refractivity contribution in [1.29, 1.82) is 0 Å². The molecule has 0 bridgehead atoms. The van der Waals surface area contributed by atoms with Crippen LogP contribution in [0.25, 0.3) is 0 Å². The molecule has 6 nitrogen and oxygen atoms in total. The molecule has 0 saturated carbocycles. The summed E-state index contributed by atoms with van der Waals surface area (Å²) in [5, 5.41) is 11.2. The van der Waals surface area contributed by atoms with Crippen molar-refractivity contribution in [3.63, 3.8) is 0 Å². The first-order chi connectivity index (χ1) is 10.0. The highest BCUT2D eigenvalue weighted by atomic mass is 32.2. The van der Waals surface area contributed by atoms with Crippen LogP contribution < -0.4 is 5.32 Å². The van der Waals surface area contributed by atoms with E-state index in [4.69, 9.17) is 0 Å². The Morgan fingerprint density at radius 3 is 2.95 bits per heavy atom. The van der Waals surface area contributed by atoms with Gasteiger partial charge >= 0.3 is 0 Å². The first-order valence-corrected chi connectivity index (χ1v) is 9.13. The Morgan fingerprint density at radius 1 is 1.48 bits per heavy atom. The monoisotopic (exact) mass is 328 g/mol. The number of sulfonamides is 1. The van der Waals surface area contributed by atoms with E-state index in [1.165, 1.54) is 10.5 Å². The molecule has 0 aliphatic heterocycles. The van der Waals surface area contributed by atoms with E-state index in [1.54, 1.807) is 29.3 Å². The van der Waals surface area contributed by atoms with Gasteiger partial charge in [-0.2, -0.15) is 20.7 Å².